The molecule has 3 heteroatoms. The van der Waals surface area contributed by atoms with Crippen molar-refractivity contribution in [1.29, 1.82) is 0 Å². The maximum absolute atomic E-state index is 2.83. The van der Waals surface area contributed by atoms with E-state index in [0.29, 0.717) is 0 Å². The number of nitrogens with zero attached hydrogens (tertiary/aromatic N) is 1. The Morgan fingerprint density at radius 1 is 1.50 bits per heavy atom. The maximum atomic E-state index is 2.83. The van der Waals surface area contributed by atoms with Gasteiger partial charge in [-0.2, -0.15) is 0 Å². The summed E-state index contributed by atoms with van der Waals surface area (Å²) in [6.45, 7) is 0. The summed E-state index contributed by atoms with van der Waals surface area (Å²) in [4.78, 5) is 1.97. The molecule has 0 bridgehead atoms. The van der Waals surface area contributed by atoms with Crippen molar-refractivity contribution >= 4 is 35.0 Å². The summed E-state index contributed by atoms with van der Waals surface area (Å²) in [5, 5.41) is 0. The van der Waals surface area contributed by atoms with Gasteiger partial charge in [0.1, 0.15) is 0 Å². The van der Waals surface area contributed by atoms with Crippen LogP contribution in [-0.2, 0) is 0 Å². The SMILES string of the molecule is CN(C)C([Se])=[Se]. The molecule has 0 amide bonds. The molecule has 0 aliphatic heterocycles. The molecular weight excluding hydrogens is 208 g/mol. The number of hydrogen-bond donors (Lipinski definition) is 0. The molecule has 0 heterocycles. The van der Waals surface area contributed by atoms with E-state index >= 15 is 0 Å². The van der Waals surface area contributed by atoms with Gasteiger partial charge in [0, 0.05) is 0 Å². The fraction of sp³-hybridized carbons (Fsp3) is 0.667. The number of hydrogen-bond acceptors (Lipinski definition) is 1. The van der Waals surface area contributed by atoms with E-state index in [2.05, 4.69) is 31.6 Å². The van der Waals surface area contributed by atoms with Gasteiger partial charge in [-0.05, 0) is 0 Å². The summed E-state index contributed by atoms with van der Waals surface area (Å²) >= 11 is 5.65. The third-order valence-corrected chi connectivity index (χ3v) is 1.90. The van der Waals surface area contributed by atoms with Crippen molar-refractivity contribution in [2.45, 2.75) is 0 Å². The monoisotopic (exact) mass is 216 g/mol. The minimum atomic E-state index is 1.09. The summed E-state index contributed by atoms with van der Waals surface area (Å²) in [5.74, 6) is 0. The first-order valence-electron chi connectivity index (χ1n) is 1.53. The second-order valence-electron chi connectivity index (χ2n) is 1.16. The van der Waals surface area contributed by atoms with Gasteiger partial charge in [0.25, 0.3) is 0 Å². The predicted molar refractivity (Wildman–Crippen MR) is 30.2 cm³/mol. The molecule has 0 rings (SSSR count). The van der Waals surface area contributed by atoms with Gasteiger partial charge in [0.2, 0.25) is 0 Å². The summed E-state index contributed by atoms with van der Waals surface area (Å²) in [6.07, 6.45) is 0. The number of rotatable bonds is 1. The van der Waals surface area contributed by atoms with E-state index < -0.39 is 0 Å². The Morgan fingerprint density at radius 3 is 1.67 bits per heavy atom. The van der Waals surface area contributed by atoms with Crippen LogP contribution >= 0.6 is 0 Å². The fourth-order valence-electron chi connectivity index (χ4n) is 0. The Kier molecular flexibility index (Phi) is 3.14. The molecule has 1 nitrogen and oxygen atoms in total. The molecule has 0 fully saturated rings. The Bertz CT molecular complexity index is 59.8. The molecule has 6 heavy (non-hydrogen) atoms. The average molecular weight is 214 g/mol. The second kappa shape index (κ2) is 2.81. The minimum absolute atomic E-state index is 1.09. The molecular formula is C3H6NSe2. The first kappa shape index (κ1) is 6.71. The van der Waals surface area contributed by atoms with Gasteiger partial charge in [0.15, 0.2) is 0 Å². The van der Waals surface area contributed by atoms with Crippen molar-refractivity contribution in [3.8, 4) is 0 Å². The van der Waals surface area contributed by atoms with Crippen LogP contribution < -0.4 is 0 Å². The molecule has 0 aliphatic carbocycles. The fourth-order valence-corrected chi connectivity index (χ4v) is 0. The molecule has 0 aromatic rings. The van der Waals surface area contributed by atoms with E-state index in [4.69, 9.17) is 0 Å². The molecule has 0 saturated heterocycles. The van der Waals surface area contributed by atoms with Crippen molar-refractivity contribution in [1.82, 2.24) is 4.90 Å². The van der Waals surface area contributed by atoms with Crippen molar-refractivity contribution in [2.75, 3.05) is 14.1 Å². The van der Waals surface area contributed by atoms with E-state index in [9.17, 15) is 0 Å². The Morgan fingerprint density at radius 2 is 1.67 bits per heavy atom. The topological polar surface area (TPSA) is 3.24 Å². The Hall–Kier alpha value is 0.709. The van der Waals surface area contributed by atoms with Crippen LogP contribution in [0.25, 0.3) is 0 Å². The van der Waals surface area contributed by atoms with Crippen LogP contribution in [0.4, 0.5) is 0 Å². The summed E-state index contributed by atoms with van der Waals surface area (Å²) in [5.41, 5.74) is 0. The van der Waals surface area contributed by atoms with E-state index in [0.717, 1.165) is 3.44 Å². The summed E-state index contributed by atoms with van der Waals surface area (Å²) in [6, 6.07) is 0. The zero-order valence-corrected chi connectivity index (χ0v) is 7.19. The van der Waals surface area contributed by atoms with Crippen LogP contribution in [0.15, 0.2) is 0 Å². The normalized spacial score (nSPS) is 7.67. The quantitative estimate of drug-likeness (QED) is 0.504. The zero-order valence-electron chi connectivity index (χ0n) is 3.76. The summed E-state index contributed by atoms with van der Waals surface area (Å²) < 4.78 is 1.09. The van der Waals surface area contributed by atoms with Crippen molar-refractivity contribution in [3.63, 3.8) is 0 Å². The van der Waals surface area contributed by atoms with Crippen LogP contribution in [0.2, 0.25) is 0 Å². The molecule has 0 saturated carbocycles. The summed E-state index contributed by atoms with van der Waals surface area (Å²) in [7, 11) is 3.95. The molecule has 0 aromatic carbocycles. The van der Waals surface area contributed by atoms with Crippen LogP contribution in [0.3, 0.4) is 0 Å². The third kappa shape index (κ3) is 2.92. The van der Waals surface area contributed by atoms with Gasteiger partial charge in [-0.15, -0.1) is 0 Å². The van der Waals surface area contributed by atoms with Crippen LogP contribution in [0, 0.1) is 0 Å². The van der Waals surface area contributed by atoms with E-state index in [1.54, 1.807) is 0 Å². The van der Waals surface area contributed by atoms with E-state index in [1.807, 2.05) is 19.0 Å². The molecule has 1 radical (unpaired) electrons. The zero-order chi connectivity index (χ0) is 5.15. The van der Waals surface area contributed by atoms with Crippen molar-refractivity contribution < 1.29 is 0 Å². The van der Waals surface area contributed by atoms with Crippen LogP contribution in [-0.4, -0.2) is 54.0 Å². The van der Waals surface area contributed by atoms with Gasteiger partial charge < -0.3 is 0 Å². The van der Waals surface area contributed by atoms with E-state index in [-0.39, 0.29) is 0 Å². The Balaban J connectivity index is 3.26. The molecule has 35 valence electrons. The van der Waals surface area contributed by atoms with Gasteiger partial charge >= 0.3 is 54.0 Å². The molecule has 0 aromatic heterocycles. The average Bonchev–Trinajstić information content (AvgIpc) is 1.36. The standard InChI is InChI=1S/C3H6NSe2/c1-4(2)3(5)6/h1-2H3. The molecule has 0 spiro atoms. The second-order valence-corrected chi connectivity index (χ2v) is 4.09. The van der Waals surface area contributed by atoms with Gasteiger partial charge in [-0.25, -0.2) is 0 Å². The van der Waals surface area contributed by atoms with Crippen molar-refractivity contribution in [3.05, 3.63) is 0 Å². The Labute approximate surface area is 54.3 Å². The third-order valence-electron chi connectivity index (χ3n) is 0.365. The van der Waals surface area contributed by atoms with Gasteiger partial charge in [0.05, 0.1) is 0 Å². The molecule has 0 aliphatic rings. The molecule has 0 atom stereocenters. The first-order valence-corrected chi connectivity index (χ1v) is 3.24. The van der Waals surface area contributed by atoms with E-state index in [1.165, 1.54) is 0 Å². The van der Waals surface area contributed by atoms with Crippen LogP contribution in [0.5, 0.6) is 0 Å². The van der Waals surface area contributed by atoms with Crippen LogP contribution in [0.1, 0.15) is 0 Å². The predicted octanol–water partition coefficient (Wildman–Crippen LogP) is -1.03. The molecule has 0 N–H and O–H groups in total. The van der Waals surface area contributed by atoms with Gasteiger partial charge in [-0.3, -0.25) is 0 Å². The van der Waals surface area contributed by atoms with Crippen molar-refractivity contribution in [2.24, 2.45) is 0 Å². The molecule has 0 unspecified atom stereocenters. The first-order chi connectivity index (χ1) is 2.64. The van der Waals surface area contributed by atoms with Gasteiger partial charge in [-0.1, -0.05) is 0 Å².